The topological polar surface area (TPSA) is 49.6 Å². The van der Waals surface area contributed by atoms with Crippen molar-refractivity contribution in [2.24, 2.45) is 10.1 Å². The number of nitrogens with zero attached hydrogens (tertiary/aromatic N) is 3. The molecule has 2 aliphatic rings. The van der Waals surface area contributed by atoms with Gasteiger partial charge in [-0.05, 0) is 42.5 Å². The van der Waals surface area contributed by atoms with Crippen LogP contribution in [-0.4, -0.2) is 22.6 Å². The van der Waals surface area contributed by atoms with Crippen LogP contribution in [0.15, 0.2) is 58.9 Å². The number of fused-ring (bicyclic) bond motifs is 1. The molecule has 4 heteroatoms. The predicted molar refractivity (Wildman–Crippen MR) is 97.5 cm³/mol. The number of rotatable bonds is 2. The van der Waals surface area contributed by atoms with Crippen molar-refractivity contribution in [2.75, 3.05) is 0 Å². The smallest absolute Gasteiger partial charge is 0.149 e. The number of aromatic nitrogens is 1. The van der Waals surface area contributed by atoms with Crippen LogP contribution in [0.4, 0.5) is 0 Å². The van der Waals surface area contributed by atoms with Gasteiger partial charge in [-0.2, -0.15) is 5.10 Å². The summed E-state index contributed by atoms with van der Waals surface area (Å²) in [4.78, 5) is 9.15. The standard InChI is InChI=1S/C20H22N4/c1-4-10-20(11-5-1)14-17-6-2-3-7-18(17)19(23-20)24-22-15-16-8-12-21-13-9-16/h2-3,6-9,12-13,15H,1,4-5,10-11,14H2,(H,23,24)/b22-15+. The Kier molecular flexibility index (Phi) is 4.11. The molecule has 1 saturated carbocycles. The monoisotopic (exact) mass is 318 g/mol. The summed E-state index contributed by atoms with van der Waals surface area (Å²) in [7, 11) is 0. The Balaban J connectivity index is 1.61. The average molecular weight is 318 g/mol. The summed E-state index contributed by atoms with van der Waals surface area (Å²) in [5.41, 5.74) is 6.86. The summed E-state index contributed by atoms with van der Waals surface area (Å²) >= 11 is 0. The van der Waals surface area contributed by atoms with Crippen LogP contribution in [0.2, 0.25) is 0 Å². The molecule has 1 aliphatic carbocycles. The Bertz CT molecular complexity index is 758. The molecule has 0 amide bonds. The zero-order valence-electron chi connectivity index (χ0n) is 13.8. The van der Waals surface area contributed by atoms with Gasteiger partial charge in [-0.15, -0.1) is 0 Å². The van der Waals surface area contributed by atoms with Crippen LogP contribution in [0.5, 0.6) is 0 Å². The van der Waals surface area contributed by atoms with Crippen molar-refractivity contribution < 1.29 is 0 Å². The van der Waals surface area contributed by atoms with Gasteiger partial charge in [-0.1, -0.05) is 43.5 Å². The lowest BCUT2D eigenvalue weighted by Crippen LogP contribution is -2.40. The molecule has 0 unspecified atom stereocenters. The lowest BCUT2D eigenvalue weighted by atomic mass is 9.75. The Morgan fingerprint density at radius 3 is 2.62 bits per heavy atom. The van der Waals surface area contributed by atoms with Gasteiger partial charge in [0, 0.05) is 18.0 Å². The van der Waals surface area contributed by atoms with Gasteiger partial charge in [0.05, 0.1) is 11.8 Å². The van der Waals surface area contributed by atoms with E-state index in [1.54, 1.807) is 12.4 Å². The van der Waals surface area contributed by atoms with Gasteiger partial charge in [0.25, 0.3) is 0 Å². The summed E-state index contributed by atoms with van der Waals surface area (Å²) in [5.74, 6) is 0.907. The molecule has 4 rings (SSSR count). The summed E-state index contributed by atoms with van der Waals surface area (Å²) in [5, 5.41) is 4.41. The third-order valence-electron chi connectivity index (χ3n) is 5.02. The molecule has 0 bridgehead atoms. The molecule has 2 heterocycles. The van der Waals surface area contributed by atoms with Gasteiger partial charge in [0.2, 0.25) is 0 Å². The van der Waals surface area contributed by atoms with Crippen molar-refractivity contribution in [1.82, 2.24) is 10.4 Å². The van der Waals surface area contributed by atoms with E-state index < -0.39 is 0 Å². The van der Waals surface area contributed by atoms with E-state index in [9.17, 15) is 0 Å². The summed E-state index contributed by atoms with van der Waals surface area (Å²) < 4.78 is 0. The molecule has 0 atom stereocenters. The second-order valence-corrected chi connectivity index (χ2v) is 6.73. The molecule has 24 heavy (non-hydrogen) atoms. The first-order valence-corrected chi connectivity index (χ1v) is 8.72. The largest absolute Gasteiger partial charge is 0.265 e. The molecular formula is C20H22N4. The van der Waals surface area contributed by atoms with Gasteiger partial charge in [-0.25, -0.2) is 0 Å². The lowest BCUT2D eigenvalue weighted by Gasteiger charge is -2.38. The lowest BCUT2D eigenvalue weighted by molar-refractivity contribution is 0.293. The van der Waals surface area contributed by atoms with Crippen molar-refractivity contribution in [2.45, 2.75) is 44.1 Å². The molecule has 1 aliphatic heterocycles. The van der Waals surface area contributed by atoms with Crippen LogP contribution in [0.1, 0.15) is 48.8 Å². The zero-order chi connectivity index (χ0) is 16.2. The number of hydrazone groups is 1. The second-order valence-electron chi connectivity index (χ2n) is 6.73. The van der Waals surface area contributed by atoms with E-state index in [-0.39, 0.29) is 5.54 Å². The highest BCUT2D eigenvalue weighted by Gasteiger charge is 2.36. The van der Waals surface area contributed by atoms with Gasteiger partial charge in [-0.3, -0.25) is 15.4 Å². The fourth-order valence-corrected chi connectivity index (χ4v) is 3.80. The number of amidine groups is 1. The number of hydrogen-bond acceptors (Lipinski definition) is 4. The fourth-order valence-electron chi connectivity index (χ4n) is 3.80. The van der Waals surface area contributed by atoms with Gasteiger partial charge in [0.1, 0.15) is 5.84 Å². The Morgan fingerprint density at radius 1 is 1.00 bits per heavy atom. The van der Waals surface area contributed by atoms with E-state index in [2.05, 4.69) is 39.8 Å². The second kappa shape index (κ2) is 6.56. The first-order chi connectivity index (χ1) is 11.8. The van der Waals surface area contributed by atoms with E-state index in [1.165, 1.54) is 43.2 Å². The van der Waals surface area contributed by atoms with E-state index in [1.807, 2.05) is 18.3 Å². The van der Waals surface area contributed by atoms with Gasteiger partial charge in [0.15, 0.2) is 0 Å². The average Bonchev–Trinajstić information content (AvgIpc) is 2.63. The minimum absolute atomic E-state index is 0.0706. The number of pyridine rings is 1. The maximum atomic E-state index is 5.12. The first kappa shape index (κ1) is 15.1. The molecule has 0 radical (unpaired) electrons. The summed E-state index contributed by atoms with van der Waals surface area (Å²) in [6.45, 7) is 0. The molecular weight excluding hydrogens is 296 g/mol. The predicted octanol–water partition coefficient (Wildman–Crippen LogP) is 3.71. The SMILES string of the molecule is C(=N\NC1=NC2(CCCCC2)Cc2ccccc21)/c1ccncc1. The van der Waals surface area contributed by atoms with Crippen LogP contribution in [0.3, 0.4) is 0 Å². The highest BCUT2D eigenvalue weighted by atomic mass is 15.3. The first-order valence-electron chi connectivity index (χ1n) is 8.72. The minimum atomic E-state index is 0.0706. The van der Waals surface area contributed by atoms with Crippen LogP contribution < -0.4 is 5.43 Å². The maximum absolute atomic E-state index is 5.12. The van der Waals surface area contributed by atoms with E-state index in [0.717, 1.165) is 17.8 Å². The van der Waals surface area contributed by atoms with Crippen molar-refractivity contribution in [3.63, 3.8) is 0 Å². The highest BCUT2D eigenvalue weighted by Crippen LogP contribution is 2.38. The van der Waals surface area contributed by atoms with E-state index in [4.69, 9.17) is 4.99 Å². The molecule has 1 aromatic carbocycles. The van der Waals surface area contributed by atoms with Gasteiger partial charge < -0.3 is 0 Å². The van der Waals surface area contributed by atoms with Crippen LogP contribution in [0, 0.1) is 0 Å². The van der Waals surface area contributed by atoms with Crippen molar-refractivity contribution in [3.05, 3.63) is 65.5 Å². The molecule has 1 spiro atoms. The summed E-state index contributed by atoms with van der Waals surface area (Å²) in [6, 6.07) is 12.4. The Hall–Kier alpha value is -2.49. The molecule has 1 fully saturated rings. The van der Waals surface area contributed by atoms with Gasteiger partial charge >= 0.3 is 0 Å². The molecule has 122 valence electrons. The minimum Gasteiger partial charge on any atom is -0.265 e. The molecule has 1 N–H and O–H groups in total. The quantitative estimate of drug-likeness (QED) is 0.678. The number of benzene rings is 1. The van der Waals surface area contributed by atoms with Crippen LogP contribution in [-0.2, 0) is 6.42 Å². The highest BCUT2D eigenvalue weighted by molar-refractivity contribution is 6.01. The van der Waals surface area contributed by atoms with E-state index >= 15 is 0 Å². The number of hydrogen-bond donors (Lipinski definition) is 1. The third-order valence-corrected chi connectivity index (χ3v) is 5.02. The normalized spacial score (nSPS) is 19.1. The van der Waals surface area contributed by atoms with Crippen molar-refractivity contribution >= 4 is 12.1 Å². The summed E-state index contributed by atoms with van der Waals surface area (Å²) in [6.07, 6.45) is 12.7. The molecule has 2 aromatic rings. The third kappa shape index (κ3) is 3.09. The van der Waals surface area contributed by atoms with Crippen molar-refractivity contribution in [3.8, 4) is 0 Å². The molecule has 0 saturated heterocycles. The maximum Gasteiger partial charge on any atom is 0.149 e. The molecule has 4 nitrogen and oxygen atoms in total. The number of nitrogens with one attached hydrogen (secondary N) is 1. The Labute approximate surface area is 142 Å². The Morgan fingerprint density at radius 2 is 1.79 bits per heavy atom. The fraction of sp³-hybridized carbons (Fsp3) is 0.350. The van der Waals surface area contributed by atoms with Crippen molar-refractivity contribution in [1.29, 1.82) is 0 Å². The van der Waals surface area contributed by atoms with Crippen LogP contribution >= 0.6 is 0 Å². The number of aliphatic imine (C=N–C) groups is 1. The molecule has 1 aromatic heterocycles. The zero-order valence-corrected chi connectivity index (χ0v) is 13.8. The van der Waals surface area contributed by atoms with Crippen LogP contribution in [0.25, 0.3) is 0 Å². The van der Waals surface area contributed by atoms with E-state index in [0.29, 0.717) is 0 Å².